The van der Waals surface area contributed by atoms with E-state index in [2.05, 4.69) is 0 Å². The zero-order chi connectivity index (χ0) is 10.5. The van der Waals surface area contributed by atoms with E-state index in [-0.39, 0.29) is 11.9 Å². The van der Waals surface area contributed by atoms with Crippen molar-refractivity contribution >= 4 is 5.78 Å². The van der Waals surface area contributed by atoms with E-state index in [9.17, 15) is 4.79 Å². The molecule has 3 nitrogen and oxygen atoms in total. The first-order valence-electron chi connectivity index (χ1n) is 5.84. The van der Waals surface area contributed by atoms with Gasteiger partial charge in [-0.25, -0.2) is 0 Å². The lowest BCUT2D eigenvalue weighted by molar-refractivity contribution is -0.122. The van der Waals surface area contributed by atoms with E-state index in [0.717, 1.165) is 32.3 Å². The number of rotatable bonds is 3. The van der Waals surface area contributed by atoms with E-state index in [1.807, 2.05) is 6.08 Å². The van der Waals surface area contributed by atoms with Crippen molar-refractivity contribution in [3.05, 3.63) is 11.8 Å². The van der Waals surface area contributed by atoms with Gasteiger partial charge >= 0.3 is 0 Å². The number of hydrogen-bond donors (Lipinski definition) is 0. The molecule has 0 aromatic heterocycles. The van der Waals surface area contributed by atoms with Gasteiger partial charge in [-0.1, -0.05) is 0 Å². The molecule has 0 saturated carbocycles. The number of carbonyl (C=O) groups excluding carboxylic acids is 1. The largest absolute Gasteiger partial charge is 0.490 e. The molecule has 0 bridgehead atoms. The molecule has 1 fully saturated rings. The summed E-state index contributed by atoms with van der Waals surface area (Å²) in [5.41, 5.74) is 0. The average Bonchev–Trinajstić information content (AvgIpc) is 2.31. The molecule has 0 amide bonds. The minimum Gasteiger partial charge on any atom is -0.490 e. The van der Waals surface area contributed by atoms with Crippen LogP contribution in [-0.2, 0) is 14.3 Å². The molecule has 0 N–H and O–H groups in total. The van der Waals surface area contributed by atoms with E-state index in [1.165, 1.54) is 6.42 Å². The van der Waals surface area contributed by atoms with Gasteiger partial charge in [0.05, 0.1) is 12.7 Å². The molecule has 0 aliphatic carbocycles. The fraction of sp³-hybridized carbons (Fsp3) is 0.750. The van der Waals surface area contributed by atoms with Gasteiger partial charge in [-0.3, -0.25) is 4.79 Å². The van der Waals surface area contributed by atoms with E-state index in [1.54, 1.807) is 0 Å². The van der Waals surface area contributed by atoms with Gasteiger partial charge in [0, 0.05) is 13.0 Å². The second-order valence-corrected chi connectivity index (χ2v) is 4.17. The number of hydrogen-bond acceptors (Lipinski definition) is 3. The van der Waals surface area contributed by atoms with Crippen LogP contribution in [0, 0.1) is 0 Å². The zero-order valence-corrected chi connectivity index (χ0v) is 9.04. The van der Waals surface area contributed by atoms with Gasteiger partial charge in [0.25, 0.3) is 0 Å². The lowest BCUT2D eigenvalue weighted by Crippen LogP contribution is -2.24. The lowest BCUT2D eigenvalue weighted by Gasteiger charge is -2.22. The first-order chi connectivity index (χ1) is 7.36. The second kappa shape index (κ2) is 5.31. The van der Waals surface area contributed by atoms with Gasteiger partial charge in [0.2, 0.25) is 0 Å². The normalized spacial score (nSPS) is 26.7. The van der Waals surface area contributed by atoms with Crippen molar-refractivity contribution < 1.29 is 14.3 Å². The third-order valence-electron chi connectivity index (χ3n) is 2.90. The number of carbonyl (C=O) groups is 1. The van der Waals surface area contributed by atoms with E-state index in [0.29, 0.717) is 18.8 Å². The van der Waals surface area contributed by atoms with Gasteiger partial charge in [-0.2, -0.15) is 0 Å². The second-order valence-electron chi connectivity index (χ2n) is 4.17. The van der Waals surface area contributed by atoms with Crippen molar-refractivity contribution in [2.24, 2.45) is 0 Å². The molecule has 0 aromatic rings. The van der Waals surface area contributed by atoms with Crippen molar-refractivity contribution in [1.29, 1.82) is 0 Å². The fourth-order valence-electron chi connectivity index (χ4n) is 2.03. The van der Waals surface area contributed by atoms with Gasteiger partial charge in [0.1, 0.15) is 0 Å². The highest BCUT2D eigenvalue weighted by molar-refractivity contribution is 5.93. The summed E-state index contributed by atoms with van der Waals surface area (Å²) in [7, 11) is 0. The Labute approximate surface area is 90.4 Å². The first kappa shape index (κ1) is 10.7. The molecule has 0 spiro atoms. The molecule has 1 saturated heterocycles. The molecule has 15 heavy (non-hydrogen) atoms. The van der Waals surface area contributed by atoms with Crippen LogP contribution in [0.4, 0.5) is 0 Å². The van der Waals surface area contributed by atoms with Gasteiger partial charge in [-0.05, 0) is 38.2 Å². The Bertz CT molecular complexity index is 252. The van der Waals surface area contributed by atoms with Crippen LogP contribution in [0.1, 0.15) is 38.5 Å². The third kappa shape index (κ3) is 3.06. The molecule has 1 atom stereocenters. The predicted octanol–water partition coefficient (Wildman–Crippen LogP) is 2.21. The van der Waals surface area contributed by atoms with Crippen LogP contribution < -0.4 is 0 Å². The lowest BCUT2D eigenvalue weighted by atomic mass is 10.0. The summed E-state index contributed by atoms with van der Waals surface area (Å²) >= 11 is 0. The minimum absolute atomic E-state index is 0.113. The summed E-state index contributed by atoms with van der Waals surface area (Å²) in [6.45, 7) is 1.49. The monoisotopic (exact) mass is 210 g/mol. The third-order valence-corrected chi connectivity index (χ3v) is 2.90. The highest BCUT2D eigenvalue weighted by atomic mass is 16.5. The number of Topliss-reactive ketones (excluding diaryl/α,β-unsaturated/α-hetero) is 1. The summed E-state index contributed by atoms with van der Waals surface area (Å²) in [4.78, 5) is 11.8. The Morgan fingerprint density at radius 2 is 2.27 bits per heavy atom. The highest BCUT2D eigenvalue weighted by Crippen LogP contribution is 2.19. The van der Waals surface area contributed by atoms with Crippen LogP contribution in [0.15, 0.2) is 11.8 Å². The highest BCUT2D eigenvalue weighted by Gasteiger charge is 2.21. The van der Waals surface area contributed by atoms with Crippen LogP contribution in [0.3, 0.4) is 0 Å². The topological polar surface area (TPSA) is 35.5 Å². The Morgan fingerprint density at radius 3 is 2.93 bits per heavy atom. The standard InChI is InChI=1S/C12H18O3/c13-11(12-6-2-4-8-15-12)9-10-5-1-3-7-14-10/h6,10H,1-5,7-9H2. The van der Waals surface area contributed by atoms with Gasteiger partial charge < -0.3 is 9.47 Å². The van der Waals surface area contributed by atoms with Crippen molar-refractivity contribution in [2.45, 2.75) is 44.6 Å². The fourth-order valence-corrected chi connectivity index (χ4v) is 2.03. The van der Waals surface area contributed by atoms with Crippen LogP contribution in [0.5, 0.6) is 0 Å². The molecular formula is C12H18O3. The van der Waals surface area contributed by atoms with Crippen LogP contribution in [0.25, 0.3) is 0 Å². The molecule has 2 aliphatic heterocycles. The van der Waals surface area contributed by atoms with E-state index < -0.39 is 0 Å². The van der Waals surface area contributed by atoms with Crippen LogP contribution in [0.2, 0.25) is 0 Å². The van der Waals surface area contributed by atoms with Crippen molar-refractivity contribution in [3.8, 4) is 0 Å². The Balaban J connectivity index is 1.82. The summed E-state index contributed by atoms with van der Waals surface area (Å²) in [6, 6.07) is 0. The SMILES string of the molecule is O=C(CC1CCCCO1)C1=CCCCO1. The molecule has 2 rings (SSSR count). The molecule has 0 radical (unpaired) electrons. The summed E-state index contributed by atoms with van der Waals surface area (Å²) in [5.74, 6) is 0.678. The molecule has 84 valence electrons. The van der Waals surface area contributed by atoms with Crippen molar-refractivity contribution in [2.75, 3.05) is 13.2 Å². The Morgan fingerprint density at radius 1 is 1.33 bits per heavy atom. The van der Waals surface area contributed by atoms with Crippen LogP contribution in [-0.4, -0.2) is 25.1 Å². The maximum Gasteiger partial charge on any atom is 0.199 e. The smallest absolute Gasteiger partial charge is 0.199 e. The number of ether oxygens (including phenoxy) is 2. The summed E-state index contributed by atoms with van der Waals surface area (Å²) in [6.07, 6.45) is 7.84. The van der Waals surface area contributed by atoms with Crippen LogP contribution >= 0.6 is 0 Å². The van der Waals surface area contributed by atoms with E-state index >= 15 is 0 Å². The summed E-state index contributed by atoms with van der Waals surface area (Å²) < 4.78 is 10.9. The van der Waals surface area contributed by atoms with E-state index in [4.69, 9.17) is 9.47 Å². The van der Waals surface area contributed by atoms with Crippen molar-refractivity contribution in [3.63, 3.8) is 0 Å². The minimum atomic E-state index is 0.113. The van der Waals surface area contributed by atoms with Gasteiger partial charge in [-0.15, -0.1) is 0 Å². The molecule has 2 heterocycles. The molecule has 1 unspecified atom stereocenters. The molecule has 0 aromatic carbocycles. The quantitative estimate of drug-likeness (QED) is 0.716. The maximum absolute atomic E-state index is 11.8. The number of ketones is 1. The maximum atomic E-state index is 11.8. The Kier molecular flexibility index (Phi) is 3.78. The summed E-state index contributed by atoms with van der Waals surface area (Å²) in [5, 5.41) is 0. The molecule has 2 aliphatic rings. The van der Waals surface area contributed by atoms with Gasteiger partial charge in [0.15, 0.2) is 11.5 Å². The number of allylic oxidation sites excluding steroid dienone is 2. The Hall–Kier alpha value is -0.830. The predicted molar refractivity (Wildman–Crippen MR) is 56.5 cm³/mol. The molecular weight excluding hydrogens is 192 g/mol. The average molecular weight is 210 g/mol. The molecule has 3 heteroatoms. The first-order valence-corrected chi connectivity index (χ1v) is 5.84. The zero-order valence-electron chi connectivity index (χ0n) is 9.04. The van der Waals surface area contributed by atoms with Crippen molar-refractivity contribution in [1.82, 2.24) is 0 Å².